The van der Waals surface area contributed by atoms with Crippen LogP contribution >= 0.6 is 0 Å². The van der Waals surface area contributed by atoms with E-state index in [0.717, 1.165) is 6.07 Å². The summed E-state index contributed by atoms with van der Waals surface area (Å²) < 4.78 is 0. The van der Waals surface area contributed by atoms with Crippen molar-refractivity contribution in [1.29, 1.82) is 0 Å². The van der Waals surface area contributed by atoms with Crippen molar-refractivity contribution in [3.8, 4) is 5.75 Å². The van der Waals surface area contributed by atoms with Gasteiger partial charge in [0.1, 0.15) is 11.3 Å². The zero-order chi connectivity index (χ0) is 23.9. The Bertz CT molecular complexity index is 1150. The van der Waals surface area contributed by atoms with Crippen molar-refractivity contribution >= 4 is 98.7 Å². The van der Waals surface area contributed by atoms with Gasteiger partial charge in [-0.2, -0.15) is 0 Å². The molecule has 1 amide bonds. The van der Waals surface area contributed by atoms with E-state index in [1.54, 1.807) is 6.92 Å². The number of amides is 1. The molecule has 1 fully saturated rings. The first-order chi connectivity index (χ1) is 14.9. The fourth-order valence-electron chi connectivity index (χ4n) is 5.48. The van der Waals surface area contributed by atoms with Gasteiger partial charge in [-0.05, 0) is 48.5 Å². The Balaban J connectivity index is 0.00000204. The summed E-state index contributed by atoms with van der Waals surface area (Å²) in [5.41, 5.74) is 0.169. The molecule has 0 bridgehead atoms. The van der Waals surface area contributed by atoms with Crippen LogP contribution in [0.5, 0.6) is 5.75 Å². The van der Waals surface area contributed by atoms with Gasteiger partial charge < -0.3 is 31.3 Å². The maximum Gasteiger partial charge on any atom is 2.00 e. The normalized spacial score (nSPS) is 32.4. The number of likely N-dealkylation sites (N-methyl/N-ethyl adjacent to an activating group) is 1. The molecule has 0 saturated heterocycles. The Morgan fingerprint density at radius 2 is 1.76 bits per heavy atom. The number of hydrogen-bond acceptors (Lipinski definition) is 9. The second kappa shape index (κ2) is 9.99. The Morgan fingerprint density at radius 3 is 2.29 bits per heavy atom. The van der Waals surface area contributed by atoms with Gasteiger partial charge in [-0.25, -0.2) is 0 Å². The van der Waals surface area contributed by atoms with Gasteiger partial charge in [-0.1, -0.05) is 30.9 Å². The van der Waals surface area contributed by atoms with E-state index >= 15 is 0 Å². The van der Waals surface area contributed by atoms with Crippen molar-refractivity contribution in [3.05, 3.63) is 46.2 Å². The molecule has 34 heavy (non-hydrogen) atoms. The summed E-state index contributed by atoms with van der Waals surface area (Å²) in [7, 11) is 2.77. The van der Waals surface area contributed by atoms with Gasteiger partial charge in [0.25, 0.3) is 5.91 Å². The molecule has 0 radical (unpaired) electrons. The maximum atomic E-state index is 14.0. The SMILES string of the molecule is CC1c2cccc([O-])c2C([O-])=C2C(=O)C3([O-])C(O)=C(C(N)=O)C(=O)C(N(C)C)C3C([O-])C21.[Ca+2].[Ca+2]. The summed E-state index contributed by atoms with van der Waals surface area (Å²) in [6, 6.07) is 2.54. The van der Waals surface area contributed by atoms with E-state index in [0.29, 0.717) is 0 Å². The zero-order valence-corrected chi connectivity index (χ0v) is 23.3. The summed E-state index contributed by atoms with van der Waals surface area (Å²) >= 11 is 0. The molecule has 0 aliphatic heterocycles. The van der Waals surface area contributed by atoms with Gasteiger partial charge >= 0.3 is 75.5 Å². The molecular formula is C22H20Ca2N2O8. The number of ketones is 2. The van der Waals surface area contributed by atoms with Gasteiger partial charge in [0.2, 0.25) is 0 Å². The number of primary amides is 1. The van der Waals surface area contributed by atoms with E-state index in [4.69, 9.17) is 5.73 Å². The average molecular weight is 521 g/mol. The molecule has 6 atom stereocenters. The maximum absolute atomic E-state index is 14.0. The standard InChI is InChI=1S/C22H22N2O8.2Ca/c1-7-8-5-4-6-9(25)11(8)16(26)12-10(7)17(27)14-15(24(2)3)18(28)13(21(23)31)20(30)22(14,32)19(12)29;;/h4-7,10,14-15,17,25-26,30H,1-3H3,(H2,23,31);;/q-2;2*+2/p-2. The van der Waals surface area contributed by atoms with Crippen LogP contribution in [0.3, 0.4) is 0 Å². The van der Waals surface area contributed by atoms with Crippen molar-refractivity contribution in [3.63, 3.8) is 0 Å². The molecule has 1 saturated carbocycles. The molecule has 12 heteroatoms. The molecule has 3 aliphatic carbocycles. The molecule has 4 rings (SSSR count). The second-order valence-electron chi connectivity index (χ2n) is 8.69. The molecule has 3 N–H and O–H groups in total. The first-order valence-electron chi connectivity index (χ1n) is 9.93. The molecule has 3 aliphatic rings. The molecule has 0 aromatic heterocycles. The summed E-state index contributed by atoms with van der Waals surface area (Å²) in [5, 5.41) is 63.9. The monoisotopic (exact) mass is 520 g/mol. The van der Waals surface area contributed by atoms with Crippen LogP contribution in [0.1, 0.15) is 24.0 Å². The summed E-state index contributed by atoms with van der Waals surface area (Å²) in [5.74, 6) is -10.9. The van der Waals surface area contributed by atoms with E-state index in [1.807, 2.05) is 0 Å². The number of carbonyl (C=O) groups excluding carboxylic acids is 3. The average Bonchev–Trinajstić information content (AvgIpc) is 2.70. The predicted octanol–water partition coefficient (Wildman–Crippen LogP) is -4.36. The van der Waals surface area contributed by atoms with E-state index in [1.165, 1.54) is 31.1 Å². The van der Waals surface area contributed by atoms with Crippen LogP contribution in [0.15, 0.2) is 35.1 Å². The quantitative estimate of drug-likeness (QED) is 0.286. The summed E-state index contributed by atoms with van der Waals surface area (Å²) in [4.78, 5) is 39.6. The van der Waals surface area contributed by atoms with E-state index in [-0.39, 0.29) is 86.6 Å². The largest absolute Gasteiger partial charge is 2.00 e. The van der Waals surface area contributed by atoms with Gasteiger partial charge in [-0.3, -0.25) is 19.3 Å². The van der Waals surface area contributed by atoms with Crippen LogP contribution in [-0.4, -0.2) is 135 Å². The van der Waals surface area contributed by atoms with Crippen LogP contribution in [0, 0.1) is 11.8 Å². The van der Waals surface area contributed by atoms with Crippen molar-refractivity contribution in [2.24, 2.45) is 17.6 Å². The Labute approximate surface area is 255 Å². The minimum Gasteiger partial charge on any atom is -0.872 e. The number of aliphatic hydroxyl groups is 1. The number of carbonyl (C=O) groups is 3. The Hall–Kier alpha value is -0.691. The smallest absolute Gasteiger partial charge is 0.872 e. The molecule has 0 heterocycles. The minimum atomic E-state index is -3.27. The van der Waals surface area contributed by atoms with Crippen LogP contribution in [0.2, 0.25) is 0 Å². The Morgan fingerprint density at radius 1 is 1.18 bits per heavy atom. The third-order valence-corrected chi connectivity index (χ3v) is 6.90. The molecule has 10 nitrogen and oxygen atoms in total. The number of benzene rings is 1. The van der Waals surface area contributed by atoms with Crippen molar-refractivity contribution in [1.82, 2.24) is 4.90 Å². The third kappa shape index (κ3) is 3.77. The molecule has 170 valence electrons. The van der Waals surface area contributed by atoms with Crippen molar-refractivity contribution in [2.75, 3.05) is 14.1 Å². The number of rotatable bonds is 2. The molecular weight excluding hydrogens is 500 g/mol. The first kappa shape index (κ1) is 29.5. The second-order valence-corrected chi connectivity index (χ2v) is 8.69. The molecule has 1 aromatic carbocycles. The fourth-order valence-corrected chi connectivity index (χ4v) is 5.48. The van der Waals surface area contributed by atoms with Gasteiger partial charge in [0.15, 0.2) is 11.6 Å². The number of hydrogen-bond donors (Lipinski definition) is 2. The minimum absolute atomic E-state index is 0. The van der Waals surface area contributed by atoms with E-state index < -0.39 is 81.4 Å². The van der Waals surface area contributed by atoms with E-state index in [9.17, 15) is 39.9 Å². The van der Waals surface area contributed by atoms with Crippen LogP contribution in [-0.2, 0) is 14.4 Å². The number of aliphatic hydroxyl groups excluding tert-OH is 1. The molecule has 6 unspecified atom stereocenters. The van der Waals surface area contributed by atoms with Crippen LogP contribution in [0.25, 0.3) is 5.76 Å². The summed E-state index contributed by atoms with van der Waals surface area (Å²) in [6.45, 7) is 1.56. The van der Waals surface area contributed by atoms with E-state index in [2.05, 4.69) is 0 Å². The Kier molecular flexibility index (Phi) is 8.68. The fraction of sp³-hybridized carbons (Fsp3) is 0.409. The summed E-state index contributed by atoms with van der Waals surface area (Å²) in [6.07, 6.45) is -1.96. The van der Waals surface area contributed by atoms with Gasteiger partial charge in [0.05, 0.1) is 6.04 Å². The number of nitrogens with zero attached hydrogens (tertiary/aromatic N) is 1. The molecule has 1 aromatic rings. The number of fused-ring (bicyclic) bond motifs is 3. The number of Topliss-reactive ketones (excluding diaryl/α,β-unsaturated/α-hetero) is 2. The predicted molar refractivity (Wildman–Crippen MR) is 113 cm³/mol. The topological polar surface area (TPSA) is 193 Å². The van der Waals surface area contributed by atoms with Crippen molar-refractivity contribution in [2.45, 2.75) is 30.6 Å². The first-order valence-corrected chi connectivity index (χ1v) is 9.93. The van der Waals surface area contributed by atoms with Crippen LogP contribution < -0.4 is 26.2 Å². The van der Waals surface area contributed by atoms with Gasteiger partial charge in [0, 0.05) is 5.60 Å². The van der Waals surface area contributed by atoms with Gasteiger partial charge in [-0.15, -0.1) is 11.9 Å². The van der Waals surface area contributed by atoms with Crippen molar-refractivity contribution < 1.29 is 39.9 Å². The zero-order valence-electron chi connectivity index (χ0n) is 18.9. The third-order valence-electron chi connectivity index (χ3n) is 6.90. The molecule has 0 spiro atoms. The number of nitrogens with two attached hydrogens (primary N) is 1. The van der Waals surface area contributed by atoms with Crippen LogP contribution in [0.4, 0.5) is 0 Å².